The fourth-order valence-electron chi connectivity index (χ4n) is 2.74. The summed E-state index contributed by atoms with van der Waals surface area (Å²) in [5, 5.41) is 12.7. The van der Waals surface area contributed by atoms with Crippen molar-refractivity contribution in [3.05, 3.63) is 0 Å². The molecule has 2 unspecified atom stereocenters. The first-order valence-electron chi connectivity index (χ1n) is 9.30. The second-order valence-corrected chi connectivity index (χ2v) is 7.07. The smallest absolute Gasteiger partial charge is 0.239 e. The van der Waals surface area contributed by atoms with Gasteiger partial charge in [-0.2, -0.15) is 0 Å². The Kier molecular flexibility index (Phi) is 12.7. The average Bonchev–Trinajstić information content (AvgIpc) is 2.59. The van der Waals surface area contributed by atoms with Crippen LogP contribution in [-0.2, 0) is 14.4 Å². The minimum absolute atomic E-state index is 0.00930. The molecule has 0 saturated heterocycles. The van der Waals surface area contributed by atoms with Crippen LogP contribution in [0.2, 0.25) is 0 Å². The third kappa shape index (κ3) is 9.72. The summed E-state index contributed by atoms with van der Waals surface area (Å²) in [6.45, 7) is 2.56. The van der Waals surface area contributed by atoms with Gasteiger partial charge < -0.3 is 10.2 Å². The molecule has 3 amide bonds. The van der Waals surface area contributed by atoms with E-state index in [-0.39, 0.29) is 24.4 Å². The zero-order valence-corrected chi connectivity index (χ0v) is 16.9. The highest BCUT2D eigenvalue weighted by atomic mass is 16.5. The van der Waals surface area contributed by atoms with E-state index in [0.29, 0.717) is 24.4 Å². The molecule has 0 aromatic rings. The molecule has 2 atom stereocenters. The standard InChI is InChI=1S/C18H36N4O4/c1-6-7-10-15(13-22(26)14-23)17(24)19-12-9-8-11-16(20(2)3)18(25)21(4)5/h14-16,26H,6-13H2,1-5H3,(H,19,24). The lowest BCUT2D eigenvalue weighted by atomic mass is 10.0. The lowest BCUT2D eigenvalue weighted by molar-refractivity contribution is -0.154. The van der Waals surface area contributed by atoms with E-state index in [4.69, 9.17) is 0 Å². The number of unbranched alkanes of at least 4 members (excludes halogenated alkanes) is 2. The Morgan fingerprint density at radius 3 is 2.23 bits per heavy atom. The fourth-order valence-corrected chi connectivity index (χ4v) is 2.74. The van der Waals surface area contributed by atoms with E-state index < -0.39 is 5.92 Å². The van der Waals surface area contributed by atoms with Crippen LogP contribution in [0, 0.1) is 5.92 Å². The van der Waals surface area contributed by atoms with Gasteiger partial charge >= 0.3 is 0 Å². The van der Waals surface area contributed by atoms with E-state index in [9.17, 15) is 19.6 Å². The van der Waals surface area contributed by atoms with E-state index in [1.165, 1.54) is 0 Å². The second kappa shape index (κ2) is 13.5. The van der Waals surface area contributed by atoms with Crippen LogP contribution in [0.15, 0.2) is 0 Å². The van der Waals surface area contributed by atoms with E-state index in [2.05, 4.69) is 5.32 Å². The molecule has 0 radical (unpaired) electrons. The van der Waals surface area contributed by atoms with Crippen molar-refractivity contribution in [1.82, 2.24) is 20.2 Å². The van der Waals surface area contributed by atoms with E-state index >= 15 is 0 Å². The first-order chi connectivity index (χ1) is 12.2. The van der Waals surface area contributed by atoms with Crippen LogP contribution in [0.25, 0.3) is 0 Å². The van der Waals surface area contributed by atoms with Gasteiger partial charge in [0.2, 0.25) is 18.2 Å². The fraction of sp³-hybridized carbons (Fsp3) is 0.833. The average molecular weight is 373 g/mol. The Morgan fingerprint density at radius 1 is 1.08 bits per heavy atom. The van der Waals surface area contributed by atoms with Crippen LogP contribution >= 0.6 is 0 Å². The monoisotopic (exact) mass is 372 g/mol. The maximum absolute atomic E-state index is 12.3. The molecule has 8 heteroatoms. The van der Waals surface area contributed by atoms with Crippen LogP contribution in [0.3, 0.4) is 0 Å². The summed E-state index contributed by atoms with van der Waals surface area (Å²) in [4.78, 5) is 38.5. The Hall–Kier alpha value is -1.67. The number of likely N-dealkylation sites (N-methyl/N-ethyl adjacent to an activating group) is 2. The quantitative estimate of drug-likeness (QED) is 0.205. The maximum atomic E-state index is 12.3. The molecule has 0 aliphatic heterocycles. The minimum atomic E-state index is -0.407. The van der Waals surface area contributed by atoms with Gasteiger partial charge in [0, 0.05) is 20.6 Å². The number of hydrogen-bond donors (Lipinski definition) is 2. The van der Waals surface area contributed by atoms with Crippen molar-refractivity contribution in [3.63, 3.8) is 0 Å². The largest absolute Gasteiger partial charge is 0.356 e. The summed E-state index contributed by atoms with van der Waals surface area (Å²) in [6, 6.07) is -0.159. The van der Waals surface area contributed by atoms with Crippen LogP contribution in [-0.4, -0.2) is 85.6 Å². The highest BCUT2D eigenvalue weighted by Crippen LogP contribution is 2.11. The molecule has 0 aromatic carbocycles. The number of rotatable bonds is 14. The molecule has 26 heavy (non-hydrogen) atoms. The van der Waals surface area contributed by atoms with Crippen LogP contribution in [0.5, 0.6) is 0 Å². The van der Waals surface area contributed by atoms with E-state index in [1.807, 2.05) is 25.9 Å². The zero-order valence-electron chi connectivity index (χ0n) is 16.9. The molecule has 0 fully saturated rings. The number of carbonyl (C=O) groups is 3. The summed E-state index contributed by atoms with van der Waals surface area (Å²) >= 11 is 0. The first kappa shape index (κ1) is 24.3. The second-order valence-electron chi connectivity index (χ2n) is 7.07. The number of hydroxylamine groups is 2. The van der Waals surface area contributed by atoms with Crippen LogP contribution in [0.4, 0.5) is 0 Å². The summed E-state index contributed by atoms with van der Waals surface area (Å²) in [5.74, 6) is -0.474. The Labute approximate surface area is 157 Å². The third-order valence-corrected chi connectivity index (χ3v) is 4.36. The Morgan fingerprint density at radius 2 is 1.73 bits per heavy atom. The molecule has 0 aliphatic carbocycles. The predicted octanol–water partition coefficient (Wildman–Crippen LogP) is 0.945. The lowest BCUT2D eigenvalue weighted by Gasteiger charge is -2.26. The first-order valence-corrected chi connectivity index (χ1v) is 9.30. The number of nitrogens with one attached hydrogen (secondary N) is 1. The molecule has 0 saturated carbocycles. The molecule has 8 nitrogen and oxygen atoms in total. The number of amides is 3. The third-order valence-electron chi connectivity index (χ3n) is 4.36. The molecule has 152 valence electrons. The van der Waals surface area contributed by atoms with Crippen molar-refractivity contribution < 1.29 is 19.6 Å². The molecule has 2 N–H and O–H groups in total. The van der Waals surface area contributed by atoms with Crippen molar-refractivity contribution in [2.45, 2.75) is 51.5 Å². The van der Waals surface area contributed by atoms with Gasteiger partial charge in [0.05, 0.1) is 18.5 Å². The van der Waals surface area contributed by atoms with Crippen LogP contribution < -0.4 is 5.32 Å². The lowest BCUT2D eigenvalue weighted by Crippen LogP contribution is -2.43. The molecular weight excluding hydrogens is 336 g/mol. The van der Waals surface area contributed by atoms with Crippen molar-refractivity contribution in [2.24, 2.45) is 5.92 Å². The van der Waals surface area contributed by atoms with Crippen molar-refractivity contribution in [1.29, 1.82) is 0 Å². The molecule has 0 aromatic heterocycles. The molecule has 0 heterocycles. The van der Waals surface area contributed by atoms with Crippen molar-refractivity contribution in [3.8, 4) is 0 Å². The van der Waals surface area contributed by atoms with E-state index in [0.717, 1.165) is 32.1 Å². The van der Waals surface area contributed by atoms with Gasteiger partial charge in [-0.15, -0.1) is 0 Å². The molecular formula is C18H36N4O4. The van der Waals surface area contributed by atoms with E-state index in [1.54, 1.807) is 19.0 Å². The minimum Gasteiger partial charge on any atom is -0.356 e. The normalized spacial score (nSPS) is 13.2. The summed E-state index contributed by atoms with van der Waals surface area (Å²) in [6.07, 6.45) is 5.08. The zero-order chi connectivity index (χ0) is 20.1. The molecule has 0 spiro atoms. The van der Waals surface area contributed by atoms with Crippen molar-refractivity contribution in [2.75, 3.05) is 41.3 Å². The van der Waals surface area contributed by atoms with Gasteiger partial charge in [-0.25, -0.2) is 5.06 Å². The molecule has 0 bridgehead atoms. The SMILES string of the molecule is CCCCC(CN(O)C=O)C(=O)NCCCCC(C(=O)N(C)C)N(C)C. The number of nitrogens with zero attached hydrogens (tertiary/aromatic N) is 3. The summed E-state index contributed by atoms with van der Waals surface area (Å²) in [7, 11) is 7.28. The van der Waals surface area contributed by atoms with Gasteiger partial charge in [0.15, 0.2) is 0 Å². The van der Waals surface area contributed by atoms with Crippen molar-refractivity contribution >= 4 is 18.2 Å². The van der Waals surface area contributed by atoms with Gasteiger partial charge in [-0.1, -0.05) is 19.8 Å². The van der Waals surface area contributed by atoms with Gasteiger partial charge in [0.25, 0.3) is 0 Å². The van der Waals surface area contributed by atoms with Gasteiger partial charge in [0.1, 0.15) is 0 Å². The molecule has 0 aliphatic rings. The summed E-state index contributed by atoms with van der Waals surface area (Å²) < 4.78 is 0. The Balaban J connectivity index is 4.31. The summed E-state index contributed by atoms with van der Waals surface area (Å²) in [5.41, 5.74) is 0. The highest BCUT2D eigenvalue weighted by molar-refractivity contribution is 5.81. The van der Waals surface area contributed by atoms with Crippen LogP contribution in [0.1, 0.15) is 45.4 Å². The number of hydrogen-bond acceptors (Lipinski definition) is 5. The van der Waals surface area contributed by atoms with Gasteiger partial charge in [-0.05, 0) is 39.8 Å². The maximum Gasteiger partial charge on any atom is 0.239 e. The topological polar surface area (TPSA) is 93.2 Å². The number of carbonyl (C=O) groups excluding carboxylic acids is 3. The molecule has 0 rings (SSSR count). The van der Waals surface area contributed by atoms with Gasteiger partial charge in [-0.3, -0.25) is 24.5 Å². The highest BCUT2D eigenvalue weighted by Gasteiger charge is 2.22. The predicted molar refractivity (Wildman–Crippen MR) is 101 cm³/mol. The Bertz CT molecular complexity index is 429.